The van der Waals surface area contributed by atoms with Gasteiger partial charge in [-0.3, -0.25) is 14.5 Å². The Morgan fingerprint density at radius 2 is 2.14 bits per heavy atom. The quantitative estimate of drug-likeness (QED) is 0.888. The van der Waals surface area contributed by atoms with Crippen LogP contribution in [0.15, 0.2) is 29.3 Å². The summed E-state index contributed by atoms with van der Waals surface area (Å²) in [6, 6.07) is 2.85. The molecule has 3 amide bonds. The van der Waals surface area contributed by atoms with Crippen LogP contribution < -0.4 is 5.56 Å². The van der Waals surface area contributed by atoms with E-state index in [1.807, 2.05) is 0 Å². The molecule has 3 rings (SSSR count). The second kappa shape index (κ2) is 6.06. The first-order valence-corrected chi connectivity index (χ1v) is 7.40. The van der Waals surface area contributed by atoms with E-state index >= 15 is 0 Å². The van der Waals surface area contributed by atoms with Gasteiger partial charge >= 0.3 is 6.03 Å². The van der Waals surface area contributed by atoms with E-state index in [9.17, 15) is 14.4 Å². The molecule has 1 fully saturated rings. The molecule has 9 heteroatoms. The molecule has 0 aromatic carbocycles. The zero-order valence-electron chi connectivity index (χ0n) is 11.6. The van der Waals surface area contributed by atoms with Crippen molar-refractivity contribution >= 4 is 23.7 Å². The highest BCUT2D eigenvalue weighted by atomic mass is 32.1. The summed E-state index contributed by atoms with van der Waals surface area (Å²) in [4.78, 5) is 41.3. The van der Waals surface area contributed by atoms with Gasteiger partial charge in [0.25, 0.3) is 5.56 Å². The fraction of sp³-hybridized carbons (Fsp3) is 0.308. The second-order valence-corrected chi connectivity index (χ2v) is 5.41. The van der Waals surface area contributed by atoms with Gasteiger partial charge in [0.15, 0.2) is 0 Å². The number of carbonyl (C=O) groups is 2. The monoisotopic (exact) mass is 319 g/mol. The molecular weight excluding hydrogens is 306 g/mol. The van der Waals surface area contributed by atoms with Crippen molar-refractivity contribution in [3.63, 3.8) is 0 Å². The summed E-state index contributed by atoms with van der Waals surface area (Å²) in [5.74, 6) is -0.277. The first kappa shape index (κ1) is 14.4. The van der Waals surface area contributed by atoms with Gasteiger partial charge in [-0.25, -0.2) is 4.79 Å². The smallest absolute Gasteiger partial charge is 0.327 e. The molecule has 1 N–H and O–H groups in total. The van der Waals surface area contributed by atoms with Crippen LogP contribution in [-0.2, 0) is 17.9 Å². The summed E-state index contributed by atoms with van der Waals surface area (Å²) in [5, 5.41) is 0. The Hall–Kier alpha value is -2.55. The SMILES string of the molecule is O=C1CCN(Cc2cnsn2)C(=O)N1Cc1ccc[nH]c1=O. The summed E-state index contributed by atoms with van der Waals surface area (Å²) in [5.41, 5.74) is 0.760. The van der Waals surface area contributed by atoms with Gasteiger partial charge in [0.2, 0.25) is 5.91 Å². The number of hydrogen-bond acceptors (Lipinski definition) is 6. The van der Waals surface area contributed by atoms with Gasteiger partial charge in [-0.05, 0) is 6.07 Å². The molecule has 0 atom stereocenters. The molecular formula is C13H13N5O3S. The summed E-state index contributed by atoms with van der Waals surface area (Å²) >= 11 is 1.07. The molecule has 22 heavy (non-hydrogen) atoms. The van der Waals surface area contributed by atoms with Gasteiger partial charge in [0, 0.05) is 24.7 Å². The number of nitrogens with one attached hydrogen (secondary N) is 1. The minimum absolute atomic E-state index is 0.0281. The second-order valence-electron chi connectivity index (χ2n) is 4.86. The molecule has 0 bridgehead atoms. The van der Waals surface area contributed by atoms with Crippen LogP contribution in [0.5, 0.6) is 0 Å². The van der Waals surface area contributed by atoms with Crippen LogP contribution in [0.2, 0.25) is 0 Å². The molecule has 2 aromatic heterocycles. The van der Waals surface area contributed by atoms with Gasteiger partial charge in [-0.2, -0.15) is 8.75 Å². The van der Waals surface area contributed by atoms with Crippen molar-refractivity contribution in [1.29, 1.82) is 0 Å². The Balaban J connectivity index is 1.77. The number of hydrogen-bond donors (Lipinski definition) is 1. The maximum Gasteiger partial charge on any atom is 0.327 e. The molecule has 0 saturated carbocycles. The van der Waals surface area contributed by atoms with Crippen molar-refractivity contribution in [2.45, 2.75) is 19.5 Å². The van der Waals surface area contributed by atoms with Crippen molar-refractivity contribution in [1.82, 2.24) is 23.5 Å². The number of rotatable bonds is 4. The van der Waals surface area contributed by atoms with Crippen LogP contribution in [0, 0.1) is 0 Å². The fourth-order valence-corrected chi connectivity index (χ4v) is 2.67. The lowest BCUT2D eigenvalue weighted by atomic mass is 10.2. The largest absolute Gasteiger partial charge is 0.329 e. The Bertz CT molecular complexity index is 742. The number of carbonyl (C=O) groups excluding carboxylic acids is 2. The van der Waals surface area contributed by atoms with Gasteiger partial charge in [-0.1, -0.05) is 6.07 Å². The Kier molecular flexibility index (Phi) is 3.96. The highest BCUT2D eigenvalue weighted by Crippen LogP contribution is 2.15. The predicted octanol–water partition coefficient (Wildman–Crippen LogP) is 0.581. The third kappa shape index (κ3) is 2.89. The van der Waals surface area contributed by atoms with Crippen molar-refractivity contribution in [3.05, 3.63) is 46.1 Å². The fourth-order valence-electron chi connectivity index (χ4n) is 2.24. The van der Waals surface area contributed by atoms with Crippen molar-refractivity contribution in [2.24, 2.45) is 0 Å². The van der Waals surface area contributed by atoms with Crippen molar-refractivity contribution in [3.8, 4) is 0 Å². The molecule has 3 heterocycles. The molecule has 0 spiro atoms. The summed E-state index contributed by atoms with van der Waals surface area (Å²) in [7, 11) is 0. The van der Waals surface area contributed by atoms with Gasteiger partial charge in [0.1, 0.15) is 0 Å². The Morgan fingerprint density at radius 1 is 1.27 bits per heavy atom. The van der Waals surface area contributed by atoms with E-state index in [1.54, 1.807) is 18.3 Å². The van der Waals surface area contributed by atoms with E-state index in [0.29, 0.717) is 24.3 Å². The molecule has 1 saturated heterocycles. The first-order chi connectivity index (χ1) is 10.6. The first-order valence-electron chi connectivity index (χ1n) is 6.67. The number of amides is 3. The van der Waals surface area contributed by atoms with Crippen LogP contribution in [-0.4, -0.2) is 42.0 Å². The lowest BCUT2D eigenvalue weighted by Gasteiger charge is -2.33. The number of urea groups is 1. The van der Waals surface area contributed by atoms with E-state index in [-0.39, 0.29) is 24.4 Å². The van der Waals surface area contributed by atoms with E-state index in [1.165, 1.54) is 11.1 Å². The van der Waals surface area contributed by atoms with E-state index < -0.39 is 6.03 Å². The van der Waals surface area contributed by atoms with Crippen LogP contribution in [0.3, 0.4) is 0 Å². The third-order valence-corrected chi connectivity index (χ3v) is 3.90. The predicted molar refractivity (Wildman–Crippen MR) is 77.9 cm³/mol. The molecule has 8 nitrogen and oxygen atoms in total. The highest BCUT2D eigenvalue weighted by molar-refractivity contribution is 6.99. The highest BCUT2D eigenvalue weighted by Gasteiger charge is 2.32. The van der Waals surface area contributed by atoms with Crippen LogP contribution >= 0.6 is 11.7 Å². The molecule has 0 radical (unpaired) electrons. The van der Waals surface area contributed by atoms with Gasteiger partial charge in [0.05, 0.1) is 36.7 Å². The van der Waals surface area contributed by atoms with E-state index in [4.69, 9.17) is 0 Å². The number of nitrogens with zero attached hydrogens (tertiary/aromatic N) is 4. The number of H-pyrrole nitrogens is 1. The van der Waals surface area contributed by atoms with Gasteiger partial charge < -0.3 is 9.88 Å². The van der Waals surface area contributed by atoms with Crippen molar-refractivity contribution in [2.75, 3.05) is 6.54 Å². The minimum atomic E-state index is -0.410. The Labute approximate surface area is 129 Å². The maximum atomic E-state index is 12.5. The molecule has 2 aromatic rings. The number of imide groups is 1. The van der Waals surface area contributed by atoms with E-state index in [0.717, 1.165) is 16.6 Å². The molecule has 0 unspecified atom stereocenters. The average Bonchev–Trinajstić information content (AvgIpc) is 3.01. The van der Waals surface area contributed by atoms with Crippen LogP contribution in [0.25, 0.3) is 0 Å². The zero-order chi connectivity index (χ0) is 15.5. The number of pyridine rings is 1. The standard InChI is InChI=1S/C13H13N5O3S/c19-11-3-5-17(8-10-6-15-22-16-10)13(21)18(11)7-9-2-1-4-14-12(9)20/h1-2,4,6H,3,5,7-8H2,(H,14,20). The summed E-state index contributed by atoms with van der Waals surface area (Å²) < 4.78 is 7.96. The molecule has 0 aliphatic carbocycles. The summed E-state index contributed by atoms with van der Waals surface area (Å²) in [6.45, 7) is 0.626. The number of aromatic nitrogens is 3. The van der Waals surface area contributed by atoms with Crippen LogP contribution in [0.4, 0.5) is 4.79 Å². The lowest BCUT2D eigenvalue weighted by molar-refractivity contribution is -0.131. The molecule has 1 aliphatic rings. The Morgan fingerprint density at radius 3 is 2.86 bits per heavy atom. The minimum Gasteiger partial charge on any atom is -0.329 e. The van der Waals surface area contributed by atoms with Crippen LogP contribution in [0.1, 0.15) is 17.7 Å². The topological polar surface area (TPSA) is 99.3 Å². The maximum absolute atomic E-state index is 12.5. The van der Waals surface area contributed by atoms with E-state index in [2.05, 4.69) is 13.7 Å². The normalized spacial score (nSPS) is 15.5. The molecule has 1 aliphatic heterocycles. The third-order valence-electron chi connectivity index (χ3n) is 3.39. The average molecular weight is 319 g/mol. The number of aromatic amines is 1. The lowest BCUT2D eigenvalue weighted by Crippen LogP contribution is -2.51. The molecule has 114 valence electrons. The summed E-state index contributed by atoms with van der Waals surface area (Å²) in [6.07, 6.45) is 3.34. The zero-order valence-corrected chi connectivity index (χ0v) is 12.4. The van der Waals surface area contributed by atoms with Gasteiger partial charge in [-0.15, -0.1) is 0 Å². The van der Waals surface area contributed by atoms with Crippen molar-refractivity contribution < 1.29 is 9.59 Å².